The molecule has 1 aromatic rings. The number of likely N-dealkylation sites (tertiary alicyclic amines) is 1. The summed E-state index contributed by atoms with van der Waals surface area (Å²) >= 11 is 0. The van der Waals surface area contributed by atoms with E-state index in [1.165, 1.54) is 19.3 Å². The molecule has 1 aliphatic heterocycles. The van der Waals surface area contributed by atoms with E-state index < -0.39 is 10.0 Å². The fraction of sp³-hybridized carbons (Fsp3) is 0.600. The molecule has 1 heterocycles. The molecule has 1 aliphatic rings. The van der Waals surface area contributed by atoms with Crippen LogP contribution in [0.3, 0.4) is 0 Å². The third-order valence-electron chi connectivity index (χ3n) is 3.71. The minimum atomic E-state index is -3.45. The molecule has 1 saturated heterocycles. The molecule has 0 unspecified atom stereocenters. The number of piperidine rings is 1. The fourth-order valence-electron chi connectivity index (χ4n) is 2.64. The number of anilines is 1. The molecule has 0 amide bonds. The Bertz CT molecular complexity index is 540. The Balaban J connectivity index is 1.94. The van der Waals surface area contributed by atoms with Crippen LogP contribution in [0.2, 0.25) is 0 Å². The number of hydrogen-bond acceptors (Lipinski definition) is 4. The van der Waals surface area contributed by atoms with Crippen LogP contribution in [0.15, 0.2) is 29.2 Å². The Kier molecular flexibility index (Phi) is 6.02. The molecule has 0 radical (unpaired) electrons. The standard InChI is InChI=1S/C15H25N3O2S/c1-2-16-14-8-4-5-9-15(14)21(19,20)17-10-13-18-11-6-3-7-12-18/h4-5,8-9,16-17H,2-3,6-7,10-13H2,1H3. The second kappa shape index (κ2) is 7.77. The van der Waals surface area contributed by atoms with Crippen LogP contribution in [-0.4, -0.2) is 46.0 Å². The van der Waals surface area contributed by atoms with Crippen LogP contribution in [0.1, 0.15) is 26.2 Å². The summed E-state index contributed by atoms with van der Waals surface area (Å²) in [5.74, 6) is 0. The molecule has 2 N–H and O–H groups in total. The van der Waals surface area contributed by atoms with E-state index in [1.807, 2.05) is 13.0 Å². The van der Waals surface area contributed by atoms with Crippen molar-refractivity contribution in [2.45, 2.75) is 31.1 Å². The summed E-state index contributed by atoms with van der Waals surface area (Å²) in [4.78, 5) is 2.65. The number of para-hydroxylation sites is 1. The summed E-state index contributed by atoms with van der Waals surface area (Å²) in [6, 6.07) is 7.02. The molecule has 1 aromatic carbocycles. The van der Waals surface area contributed by atoms with E-state index in [1.54, 1.807) is 18.2 Å². The molecule has 0 spiro atoms. The second-order valence-electron chi connectivity index (χ2n) is 5.33. The first-order valence-corrected chi connectivity index (χ1v) is 9.16. The van der Waals surface area contributed by atoms with Gasteiger partial charge in [-0.05, 0) is 45.0 Å². The molecule has 0 aromatic heterocycles. The number of benzene rings is 1. The highest BCUT2D eigenvalue weighted by Crippen LogP contribution is 2.20. The second-order valence-corrected chi connectivity index (χ2v) is 7.06. The summed E-state index contributed by atoms with van der Waals surface area (Å²) in [6.07, 6.45) is 3.73. The zero-order chi connectivity index (χ0) is 15.1. The van der Waals surface area contributed by atoms with Gasteiger partial charge in [0.15, 0.2) is 0 Å². The van der Waals surface area contributed by atoms with Crippen molar-refractivity contribution >= 4 is 15.7 Å². The van der Waals surface area contributed by atoms with Gasteiger partial charge in [0.25, 0.3) is 0 Å². The van der Waals surface area contributed by atoms with Crippen LogP contribution in [-0.2, 0) is 10.0 Å². The molecule has 0 aliphatic carbocycles. The quantitative estimate of drug-likeness (QED) is 0.807. The smallest absolute Gasteiger partial charge is 0.242 e. The summed E-state index contributed by atoms with van der Waals surface area (Å²) in [7, 11) is -3.45. The zero-order valence-electron chi connectivity index (χ0n) is 12.6. The first-order chi connectivity index (χ1) is 10.1. The van der Waals surface area contributed by atoms with Crippen molar-refractivity contribution in [3.05, 3.63) is 24.3 Å². The lowest BCUT2D eigenvalue weighted by atomic mass is 10.1. The number of hydrogen-bond donors (Lipinski definition) is 2. The van der Waals surface area contributed by atoms with E-state index in [0.717, 1.165) is 19.6 Å². The maximum atomic E-state index is 12.4. The number of sulfonamides is 1. The lowest BCUT2D eigenvalue weighted by Gasteiger charge is -2.26. The van der Waals surface area contributed by atoms with Crippen LogP contribution in [0, 0.1) is 0 Å². The molecular formula is C15H25N3O2S. The van der Waals surface area contributed by atoms with Gasteiger partial charge in [-0.1, -0.05) is 18.6 Å². The SMILES string of the molecule is CCNc1ccccc1S(=O)(=O)NCCN1CCCCC1. The first-order valence-electron chi connectivity index (χ1n) is 7.68. The first kappa shape index (κ1) is 16.3. The number of rotatable bonds is 7. The van der Waals surface area contributed by atoms with Gasteiger partial charge in [0.1, 0.15) is 4.90 Å². The van der Waals surface area contributed by atoms with Gasteiger partial charge in [0.05, 0.1) is 5.69 Å². The maximum absolute atomic E-state index is 12.4. The van der Waals surface area contributed by atoms with E-state index in [9.17, 15) is 8.42 Å². The monoisotopic (exact) mass is 311 g/mol. The summed E-state index contributed by atoms with van der Waals surface area (Å²) in [5.41, 5.74) is 0.658. The van der Waals surface area contributed by atoms with Crippen molar-refractivity contribution in [3.8, 4) is 0 Å². The van der Waals surface area contributed by atoms with Gasteiger partial charge in [0, 0.05) is 19.6 Å². The van der Waals surface area contributed by atoms with Gasteiger partial charge in [-0.25, -0.2) is 13.1 Å². The molecule has 118 valence electrons. The van der Waals surface area contributed by atoms with E-state index in [0.29, 0.717) is 23.7 Å². The van der Waals surface area contributed by atoms with Crippen LogP contribution in [0.25, 0.3) is 0 Å². The molecular weight excluding hydrogens is 286 g/mol. The molecule has 5 nitrogen and oxygen atoms in total. The Morgan fingerprint density at radius 2 is 1.86 bits per heavy atom. The van der Waals surface area contributed by atoms with Crippen molar-refractivity contribution < 1.29 is 8.42 Å². The zero-order valence-corrected chi connectivity index (χ0v) is 13.5. The van der Waals surface area contributed by atoms with Gasteiger partial charge in [-0.3, -0.25) is 0 Å². The van der Waals surface area contributed by atoms with Crippen LogP contribution >= 0.6 is 0 Å². The summed E-state index contributed by atoms with van der Waals surface area (Å²) in [6.45, 7) is 6.05. The van der Waals surface area contributed by atoms with Crippen LogP contribution in [0.5, 0.6) is 0 Å². The number of nitrogens with one attached hydrogen (secondary N) is 2. The van der Waals surface area contributed by atoms with Crippen molar-refractivity contribution in [2.75, 3.05) is 38.0 Å². The highest BCUT2D eigenvalue weighted by atomic mass is 32.2. The van der Waals surface area contributed by atoms with E-state index >= 15 is 0 Å². The third-order valence-corrected chi connectivity index (χ3v) is 5.23. The van der Waals surface area contributed by atoms with Crippen LogP contribution < -0.4 is 10.0 Å². The number of nitrogens with zero attached hydrogens (tertiary/aromatic N) is 1. The Morgan fingerprint density at radius 3 is 2.57 bits per heavy atom. The normalized spacial score (nSPS) is 16.8. The molecule has 1 fully saturated rings. The Hall–Kier alpha value is -1.11. The van der Waals surface area contributed by atoms with Crippen molar-refractivity contribution in [1.82, 2.24) is 9.62 Å². The predicted octanol–water partition coefficient (Wildman–Crippen LogP) is 1.88. The minimum absolute atomic E-state index is 0.325. The Labute approximate surface area is 127 Å². The lowest BCUT2D eigenvalue weighted by molar-refractivity contribution is 0.233. The van der Waals surface area contributed by atoms with Gasteiger partial charge >= 0.3 is 0 Å². The summed E-state index contributed by atoms with van der Waals surface area (Å²) in [5, 5.41) is 3.09. The molecule has 0 saturated carbocycles. The van der Waals surface area contributed by atoms with Crippen LogP contribution in [0.4, 0.5) is 5.69 Å². The minimum Gasteiger partial charge on any atom is -0.384 e. The molecule has 2 rings (SSSR count). The molecule has 0 atom stereocenters. The van der Waals surface area contributed by atoms with Gasteiger partial charge in [0.2, 0.25) is 10.0 Å². The average molecular weight is 311 g/mol. The van der Waals surface area contributed by atoms with Crippen molar-refractivity contribution in [2.24, 2.45) is 0 Å². The molecule has 6 heteroatoms. The highest BCUT2D eigenvalue weighted by molar-refractivity contribution is 7.89. The molecule has 21 heavy (non-hydrogen) atoms. The summed E-state index contributed by atoms with van der Waals surface area (Å²) < 4.78 is 27.5. The van der Waals surface area contributed by atoms with Crippen molar-refractivity contribution in [3.63, 3.8) is 0 Å². The third kappa shape index (κ3) is 4.69. The fourth-order valence-corrected chi connectivity index (χ4v) is 3.84. The van der Waals surface area contributed by atoms with Gasteiger partial charge < -0.3 is 10.2 Å². The lowest BCUT2D eigenvalue weighted by Crippen LogP contribution is -2.37. The maximum Gasteiger partial charge on any atom is 0.242 e. The van der Waals surface area contributed by atoms with Gasteiger partial charge in [-0.15, -0.1) is 0 Å². The van der Waals surface area contributed by atoms with E-state index in [4.69, 9.17) is 0 Å². The Morgan fingerprint density at radius 1 is 1.14 bits per heavy atom. The predicted molar refractivity (Wildman–Crippen MR) is 86.1 cm³/mol. The van der Waals surface area contributed by atoms with Gasteiger partial charge in [-0.2, -0.15) is 0 Å². The van der Waals surface area contributed by atoms with Crippen molar-refractivity contribution in [1.29, 1.82) is 0 Å². The molecule has 0 bridgehead atoms. The van der Waals surface area contributed by atoms with E-state index in [-0.39, 0.29) is 0 Å². The largest absolute Gasteiger partial charge is 0.384 e. The average Bonchev–Trinajstić information content (AvgIpc) is 2.49. The highest BCUT2D eigenvalue weighted by Gasteiger charge is 2.18. The van der Waals surface area contributed by atoms with E-state index in [2.05, 4.69) is 14.9 Å². The topological polar surface area (TPSA) is 61.4 Å².